The minimum atomic E-state index is -2.94. The van der Waals surface area contributed by atoms with Crippen molar-refractivity contribution < 1.29 is 22.6 Å². The van der Waals surface area contributed by atoms with Gasteiger partial charge in [-0.2, -0.15) is 8.78 Å². The number of aromatic amines is 1. The lowest BCUT2D eigenvalue weighted by Gasteiger charge is -2.48. The Kier molecular flexibility index (Phi) is 7.24. The fourth-order valence-electron chi connectivity index (χ4n) is 6.48. The number of fused-ring (bicyclic) bond motifs is 3. The third-order valence-corrected chi connectivity index (χ3v) is 8.44. The standard InChI is InChI=1S/C30H37F3N4O2/c1-19-12-24-22-6-3-4-7-25(22)35-27(24)28(37(19)16-30(2)17-38-18-30)23-9-8-20(13-26(23)39-29(32)33)34-21-14-36(15-21)11-5-10-31/h3-4,6-9,13,19,21,28-29,34-35H,5,10-12,14-18H2,1-2H3/t19-,28-/m1/s1. The van der Waals surface area contributed by atoms with E-state index in [1.54, 1.807) is 6.07 Å². The molecule has 2 atom stereocenters. The molecule has 0 aliphatic carbocycles. The van der Waals surface area contributed by atoms with E-state index in [1.807, 2.05) is 24.3 Å². The van der Waals surface area contributed by atoms with E-state index in [0.29, 0.717) is 19.6 Å². The van der Waals surface area contributed by atoms with Crippen LogP contribution in [-0.4, -0.2) is 79.5 Å². The van der Waals surface area contributed by atoms with E-state index in [2.05, 4.69) is 46.1 Å². The summed E-state index contributed by atoms with van der Waals surface area (Å²) >= 11 is 0. The lowest BCUT2D eigenvalue weighted by atomic mass is 9.82. The Bertz CT molecular complexity index is 1300. The fourth-order valence-corrected chi connectivity index (χ4v) is 6.48. The zero-order chi connectivity index (χ0) is 27.1. The number of para-hydroxylation sites is 1. The number of likely N-dealkylation sites (tertiary alicyclic amines) is 1. The molecule has 3 aliphatic heterocycles. The molecule has 210 valence electrons. The van der Waals surface area contributed by atoms with Crippen LogP contribution >= 0.6 is 0 Å². The Labute approximate surface area is 227 Å². The van der Waals surface area contributed by atoms with Crippen LogP contribution in [0.5, 0.6) is 5.75 Å². The fraction of sp³-hybridized carbons (Fsp3) is 0.533. The van der Waals surface area contributed by atoms with Crippen LogP contribution in [0.3, 0.4) is 0 Å². The molecule has 4 heterocycles. The molecule has 0 saturated carbocycles. The highest BCUT2D eigenvalue weighted by atomic mass is 19.3. The van der Waals surface area contributed by atoms with Crippen LogP contribution in [0, 0.1) is 5.41 Å². The normalized spacial score (nSPS) is 23.4. The molecular formula is C30H37F3N4O2. The number of hydrogen-bond acceptors (Lipinski definition) is 5. The van der Waals surface area contributed by atoms with Gasteiger partial charge in [-0.15, -0.1) is 0 Å². The van der Waals surface area contributed by atoms with E-state index < -0.39 is 6.61 Å². The molecule has 39 heavy (non-hydrogen) atoms. The van der Waals surface area contributed by atoms with Gasteiger partial charge in [-0.05, 0) is 37.5 Å². The largest absolute Gasteiger partial charge is 0.434 e. The molecular weight excluding hydrogens is 505 g/mol. The molecule has 9 heteroatoms. The predicted molar refractivity (Wildman–Crippen MR) is 146 cm³/mol. The van der Waals surface area contributed by atoms with Gasteiger partial charge < -0.3 is 19.8 Å². The molecule has 0 radical (unpaired) electrons. The second-order valence-corrected chi connectivity index (χ2v) is 11.8. The highest BCUT2D eigenvalue weighted by Gasteiger charge is 2.43. The van der Waals surface area contributed by atoms with Crippen molar-refractivity contribution in [1.29, 1.82) is 0 Å². The molecule has 2 saturated heterocycles. The Morgan fingerprint density at radius 3 is 2.69 bits per heavy atom. The third kappa shape index (κ3) is 5.24. The van der Waals surface area contributed by atoms with Crippen molar-refractivity contribution in [1.82, 2.24) is 14.8 Å². The van der Waals surface area contributed by atoms with Gasteiger partial charge in [0.2, 0.25) is 0 Å². The molecule has 6 rings (SSSR count). The third-order valence-electron chi connectivity index (χ3n) is 8.44. The average molecular weight is 543 g/mol. The molecule has 3 aliphatic rings. The quantitative estimate of drug-likeness (QED) is 0.350. The summed E-state index contributed by atoms with van der Waals surface area (Å²) in [5.41, 5.74) is 4.82. The van der Waals surface area contributed by atoms with Crippen LogP contribution in [0.1, 0.15) is 43.1 Å². The van der Waals surface area contributed by atoms with Crippen LogP contribution in [0.4, 0.5) is 18.9 Å². The lowest BCUT2D eigenvalue weighted by Crippen LogP contribution is -2.54. The number of rotatable bonds is 10. The Balaban J connectivity index is 1.36. The topological polar surface area (TPSA) is 52.8 Å². The number of ether oxygens (including phenoxy) is 2. The van der Waals surface area contributed by atoms with Crippen molar-refractivity contribution in [3.63, 3.8) is 0 Å². The smallest absolute Gasteiger partial charge is 0.387 e. The molecule has 2 N–H and O–H groups in total. The van der Waals surface area contributed by atoms with Gasteiger partial charge in [0.15, 0.2) is 0 Å². The molecule has 2 aromatic carbocycles. The summed E-state index contributed by atoms with van der Waals surface area (Å²) < 4.78 is 50.8. The Hall–Kier alpha value is -2.75. The summed E-state index contributed by atoms with van der Waals surface area (Å²) in [6, 6.07) is 14.0. The summed E-state index contributed by atoms with van der Waals surface area (Å²) in [7, 11) is 0. The van der Waals surface area contributed by atoms with E-state index in [4.69, 9.17) is 9.47 Å². The van der Waals surface area contributed by atoms with Crippen LogP contribution in [-0.2, 0) is 11.2 Å². The summed E-state index contributed by atoms with van der Waals surface area (Å²) in [5, 5.41) is 4.63. The van der Waals surface area contributed by atoms with Crippen molar-refractivity contribution in [2.75, 3.05) is 51.4 Å². The van der Waals surface area contributed by atoms with E-state index in [0.717, 1.165) is 55.1 Å². The van der Waals surface area contributed by atoms with Gasteiger partial charge in [0.1, 0.15) is 5.75 Å². The Morgan fingerprint density at radius 1 is 1.18 bits per heavy atom. The minimum absolute atomic E-state index is 0.0134. The monoisotopic (exact) mass is 542 g/mol. The van der Waals surface area contributed by atoms with Crippen molar-refractivity contribution >= 4 is 16.6 Å². The van der Waals surface area contributed by atoms with E-state index in [9.17, 15) is 13.2 Å². The van der Waals surface area contributed by atoms with Gasteiger partial charge in [0.25, 0.3) is 0 Å². The number of benzene rings is 2. The number of H-pyrrole nitrogens is 1. The molecule has 6 nitrogen and oxygen atoms in total. The number of alkyl halides is 3. The zero-order valence-electron chi connectivity index (χ0n) is 22.6. The van der Waals surface area contributed by atoms with Crippen molar-refractivity contribution in [3.05, 3.63) is 59.3 Å². The number of nitrogens with zero attached hydrogens (tertiary/aromatic N) is 2. The number of halogens is 3. The van der Waals surface area contributed by atoms with Crippen LogP contribution in [0.25, 0.3) is 10.9 Å². The zero-order valence-corrected chi connectivity index (χ0v) is 22.6. The highest BCUT2D eigenvalue weighted by Crippen LogP contribution is 2.46. The summed E-state index contributed by atoms with van der Waals surface area (Å²) in [6.45, 7) is 5.71. The first-order valence-corrected chi connectivity index (χ1v) is 13.9. The second kappa shape index (κ2) is 10.7. The number of hydrogen-bond donors (Lipinski definition) is 2. The maximum atomic E-state index is 13.8. The molecule has 0 unspecified atom stereocenters. The Morgan fingerprint density at radius 2 is 1.97 bits per heavy atom. The van der Waals surface area contributed by atoms with E-state index in [1.165, 1.54) is 10.9 Å². The highest BCUT2D eigenvalue weighted by molar-refractivity contribution is 5.85. The van der Waals surface area contributed by atoms with Gasteiger partial charge in [-0.25, -0.2) is 0 Å². The van der Waals surface area contributed by atoms with E-state index in [-0.39, 0.29) is 36.0 Å². The van der Waals surface area contributed by atoms with Gasteiger partial charge in [0.05, 0.1) is 32.0 Å². The van der Waals surface area contributed by atoms with Gasteiger partial charge >= 0.3 is 6.61 Å². The van der Waals surface area contributed by atoms with Gasteiger partial charge in [-0.1, -0.05) is 31.2 Å². The van der Waals surface area contributed by atoms with Crippen molar-refractivity contribution in [2.45, 2.75) is 51.4 Å². The van der Waals surface area contributed by atoms with Crippen LogP contribution < -0.4 is 10.1 Å². The molecule has 0 amide bonds. The summed E-state index contributed by atoms with van der Waals surface area (Å²) in [6.07, 6.45) is 1.41. The second-order valence-electron chi connectivity index (χ2n) is 11.8. The van der Waals surface area contributed by atoms with Crippen LogP contribution in [0.2, 0.25) is 0 Å². The lowest BCUT2D eigenvalue weighted by molar-refractivity contribution is -0.123. The average Bonchev–Trinajstić information content (AvgIpc) is 3.23. The predicted octanol–water partition coefficient (Wildman–Crippen LogP) is 5.60. The first kappa shape index (κ1) is 26.5. The summed E-state index contributed by atoms with van der Waals surface area (Å²) in [4.78, 5) is 8.25. The maximum Gasteiger partial charge on any atom is 0.387 e. The first-order chi connectivity index (χ1) is 18.8. The van der Waals surface area contributed by atoms with Gasteiger partial charge in [0, 0.05) is 71.5 Å². The molecule has 0 spiro atoms. The number of anilines is 1. The summed E-state index contributed by atoms with van der Waals surface area (Å²) in [5.74, 6) is 0.187. The SMILES string of the molecule is C[C@@H]1Cc2c([nH]c3ccccc23)[C@@H](c2ccc(NC3CN(CCCF)C3)cc2OC(F)F)N1CC1(C)COC1. The number of aromatic nitrogens is 1. The van der Waals surface area contributed by atoms with Gasteiger partial charge in [-0.3, -0.25) is 14.2 Å². The number of nitrogens with one attached hydrogen (secondary N) is 2. The minimum Gasteiger partial charge on any atom is -0.434 e. The van der Waals surface area contributed by atoms with Crippen molar-refractivity contribution in [2.24, 2.45) is 5.41 Å². The van der Waals surface area contributed by atoms with Crippen LogP contribution in [0.15, 0.2) is 42.5 Å². The molecule has 3 aromatic rings. The molecule has 0 bridgehead atoms. The maximum absolute atomic E-state index is 13.8. The molecule has 1 aromatic heterocycles. The first-order valence-electron chi connectivity index (χ1n) is 13.9. The molecule has 2 fully saturated rings. The van der Waals surface area contributed by atoms with E-state index >= 15 is 0 Å². The van der Waals surface area contributed by atoms with Crippen molar-refractivity contribution in [3.8, 4) is 5.75 Å².